The van der Waals surface area contributed by atoms with E-state index in [0.29, 0.717) is 16.5 Å². The molecule has 4 rings (SSSR count). The van der Waals surface area contributed by atoms with Gasteiger partial charge in [-0.25, -0.2) is 9.78 Å². The van der Waals surface area contributed by atoms with Gasteiger partial charge in [-0.2, -0.15) is 0 Å². The second-order valence-corrected chi connectivity index (χ2v) is 7.96. The van der Waals surface area contributed by atoms with Crippen LogP contribution in [0.5, 0.6) is 0 Å². The maximum Gasteiger partial charge on any atom is 0.325 e. The average molecular weight is 420 g/mol. The van der Waals surface area contributed by atoms with Crippen molar-refractivity contribution in [2.24, 2.45) is 0 Å². The lowest BCUT2D eigenvalue weighted by Gasteiger charge is -2.22. The zero-order chi connectivity index (χ0) is 21.3. The Morgan fingerprint density at radius 2 is 1.73 bits per heavy atom. The van der Waals surface area contributed by atoms with Gasteiger partial charge in [0.1, 0.15) is 5.54 Å². The summed E-state index contributed by atoms with van der Waals surface area (Å²) in [5, 5.41) is 5.03. The van der Waals surface area contributed by atoms with Crippen molar-refractivity contribution < 1.29 is 14.4 Å². The van der Waals surface area contributed by atoms with Gasteiger partial charge >= 0.3 is 6.03 Å². The summed E-state index contributed by atoms with van der Waals surface area (Å²) in [5.41, 5.74) is 0.847. The number of aromatic nitrogens is 1. The van der Waals surface area contributed by atoms with Crippen LogP contribution in [-0.2, 0) is 21.7 Å². The smallest absolute Gasteiger partial charge is 0.319 e. The highest BCUT2D eigenvalue weighted by atomic mass is 32.1. The molecule has 30 heavy (non-hydrogen) atoms. The number of hydrogen-bond donors (Lipinski definition) is 1. The standard InChI is InChI=1S/C22H20N4O3S/c1-15(27)26(18-11-7-4-8-12-18)21-23-17(14-30-21)13-25-19(28)22(2,24-20(25)29)16-9-5-3-6-10-16/h3-12,14H,13H2,1-2H3,(H,24,29). The number of urea groups is 1. The zero-order valence-corrected chi connectivity index (χ0v) is 17.3. The number of nitrogens with zero attached hydrogens (tertiary/aromatic N) is 3. The Bertz CT molecular complexity index is 1100. The van der Waals surface area contributed by atoms with Crippen molar-refractivity contribution in [3.8, 4) is 0 Å². The molecule has 2 heterocycles. The van der Waals surface area contributed by atoms with Crippen LogP contribution in [0.3, 0.4) is 0 Å². The Labute approximate surface area is 178 Å². The minimum Gasteiger partial charge on any atom is -0.319 e. The average Bonchev–Trinajstić information content (AvgIpc) is 3.28. The Hall–Kier alpha value is -3.52. The van der Waals surface area contributed by atoms with Crippen LogP contribution in [0.2, 0.25) is 0 Å². The molecule has 1 aliphatic rings. The van der Waals surface area contributed by atoms with Crippen molar-refractivity contribution in [1.82, 2.24) is 15.2 Å². The van der Waals surface area contributed by atoms with E-state index in [0.717, 1.165) is 10.5 Å². The van der Waals surface area contributed by atoms with E-state index in [1.54, 1.807) is 12.3 Å². The largest absolute Gasteiger partial charge is 0.325 e. The zero-order valence-electron chi connectivity index (χ0n) is 16.5. The van der Waals surface area contributed by atoms with E-state index in [-0.39, 0.29) is 18.4 Å². The van der Waals surface area contributed by atoms with Crippen LogP contribution in [0, 0.1) is 0 Å². The molecule has 1 saturated heterocycles. The second-order valence-electron chi connectivity index (χ2n) is 7.12. The number of amides is 4. The third-order valence-electron chi connectivity index (χ3n) is 5.01. The molecule has 1 aliphatic heterocycles. The molecular weight excluding hydrogens is 400 g/mol. The molecule has 0 aliphatic carbocycles. The lowest BCUT2D eigenvalue weighted by atomic mass is 9.92. The van der Waals surface area contributed by atoms with E-state index in [1.165, 1.54) is 23.2 Å². The first-order valence-electron chi connectivity index (χ1n) is 9.40. The molecule has 2 aromatic carbocycles. The summed E-state index contributed by atoms with van der Waals surface area (Å²) in [6.45, 7) is 3.20. The third-order valence-corrected chi connectivity index (χ3v) is 5.88. The minimum atomic E-state index is -1.12. The van der Waals surface area contributed by atoms with E-state index >= 15 is 0 Å². The number of hydrogen-bond acceptors (Lipinski definition) is 5. The van der Waals surface area contributed by atoms with Gasteiger partial charge in [0, 0.05) is 12.3 Å². The van der Waals surface area contributed by atoms with Crippen LogP contribution in [0.15, 0.2) is 66.0 Å². The van der Waals surface area contributed by atoms with E-state index in [9.17, 15) is 14.4 Å². The number of carbonyl (C=O) groups is 3. The summed E-state index contributed by atoms with van der Waals surface area (Å²) in [4.78, 5) is 45.0. The molecule has 1 aromatic heterocycles. The number of thiazole rings is 1. The van der Waals surface area contributed by atoms with E-state index in [1.807, 2.05) is 60.7 Å². The number of nitrogens with one attached hydrogen (secondary N) is 1. The summed E-state index contributed by atoms with van der Waals surface area (Å²) < 4.78 is 0. The number of imide groups is 1. The molecule has 152 valence electrons. The highest BCUT2D eigenvalue weighted by Crippen LogP contribution is 2.32. The molecule has 0 spiro atoms. The monoisotopic (exact) mass is 420 g/mol. The molecule has 3 aromatic rings. The molecule has 8 heteroatoms. The van der Waals surface area contributed by atoms with Gasteiger partial charge in [-0.1, -0.05) is 48.5 Å². The van der Waals surface area contributed by atoms with Gasteiger partial charge in [-0.3, -0.25) is 19.4 Å². The molecule has 7 nitrogen and oxygen atoms in total. The van der Waals surface area contributed by atoms with Gasteiger partial charge in [0.15, 0.2) is 5.13 Å². The topological polar surface area (TPSA) is 82.6 Å². The molecule has 4 amide bonds. The summed E-state index contributed by atoms with van der Waals surface area (Å²) in [7, 11) is 0. The number of anilines is 2. The normalized spacial score (nSPS) is 18.4. The Balaban J connectivity index is 1.57. The minimum absolute atomic E-state index is 0.0319. The van der Waals surface area contributed by atoms with Crippen molar-refractivity contribution >= 4 is 40.0 Å². The van der Waals surface area contributed by atoms with Gasteiger partial charge in [0.05, 0.1) is 17.9 Å². The third kappa shape index (κ3) is 3.46. The number of carbonyl (C=O) groups excluding carboxylic acids is 3. The lowest BCUT2D eigenvalue weighted by molar-refractivity contribution is -0.131. The Kier molecular flexibility index (Phi) is 5.09. The maximum absolute atomic E-state index is 13.1. The Morgan fingerprint density at radius 3 is 2.37 bits per heavy atom. The van der Waals surface area contributed by atoms with Crippen LogP contribution in [0.25, 0.3) is 0 Å². The van der Waals surface area contributed by atoms with E-state index in [4.69, 9.17) is 0 Å². The van der Waals surface area contributed by atoms with Crippen LogP contribution >= 0.6 is 11.3 Å². The summed E-state index contributed by atoms with van der Waals surface area (Å²) in [6, 6.07) is 17.9. The van der Waals surface area contributed by atoms with Crippen LogP contribution in [-0.4, -0.2) is 27.7 Å². The van der Waals surface area contributed by atoms with Gasteiger partial charge in [0.25, 0.3) is 5.91 Å². The van der Waals surface area contributed by atoms with Gasteiger partial charge in [-0.05, 0) is 24.6 Å². The first-order chi connectivity index (χ1) is 14.4. The molecule has 0 bridgehead atoms. The number of para-hydroxylation sites is 1. The molecular formula is C22H20N4O3S. The molecule has 1 unspecified atom stereocenters. The number of benzene rings is 2. The van der Waals surface area contributed by atoms with Crippen LogP contribution < -0.4 is 10.2 Å². The molecule has 1 atom stereocenters. The molecule has 1 N–H and O–H groups in total. The SMILES string of the molecule is CC(=O)N(c1ccccc1)c1nc(CN2C(=O)NC(C)(c3ccccc3)C2=O)cs1. The molecule has 0 radical (unpaired) electrons. The lowest BCUT2D eigenvalue weighted by Crippen LogP contribution is -2.40. The van der Waals surface area contributed by atoms with Crippen LogP contribution in [0.1, 0.15) is 25.1 Å². The van der Waals surface area contributed by atoms with Crippen LogP contribution in [0.4, 0.5) is 15.6 Å². The van der Waals surface area contributed by atoms with Crippen molar-refractivity contribution in [2.45, 2.75) is 25.9 Å². The highest BCUT2D eigenvalue weighted by molar-refractivity contribution is 7.14. The second kappa shape index (κ2) is 7.72. The van der Waals surface area contributed by atoms with Crippen molar-refractivity contribution in [3.05, 3.63) is 77.3 Å². The van der Waals surface area contributed by atoms with E-state index < -0.39 is 11.6 Å². The molecule has 1 fully saturated rings. The van der Waals surface area contributed by atoms with Gasteiger partial charge < -0.3 is 5.32 Å². The van der Waals surface area contributed by atoms with Gasteiger partial charge in [0.2, 0.25) is 5.91 Å². The fourth-order valence-corrected chi connectivity index (χ4v) is 4.32. The predicted molar refractivity (Wildman–Crippen MR) is 114 cm³/mol. The fourth-order valence-electron chi connectivity index (χ4n) is 3.45. The fraction of sp³-hybridized carbons (Fsp3) is 0.182. The molecule has 0 saturated carbocycles. The number of rotatable bonds is 5. The summed E-state index contributed by atoms with van der Waals surface area (Å²) in [6.07, 6.45) is 0. The van der Waals surface area contributed by atoms with Crippen molar-refractivity contribution in [2.75, 3.05) is 4.90 Å². The predicted octanol–water partition coefficient (Wildman–Crippen LogP) is 3.79. The quantitative estimate of drug-likeness (QED) is 0.637. The summed E-state index contributed by atoms with van der Waals surface area (Å²) in [5.74, 6) is -0.506. The van der Waals surface area contributed by atoms with E-state index in [2.05, 4.69) is 10.3 Å². The maximum atomic E-state index is 13.1. The van der Waals surface area contributed by atoms with Crippen molar-refractivity contribution in [1.29, 1.82) is 0 Å². The van der Waals surface area contributed by atoms with Gasteiger partial charge in [-0.15, -0.1) is 11.3 Å². The van der Waals surface area contributed by atoms with Crippen molar-refractivity contribution in [3.63, 3.8) is 0 Å². The first-order valence-corrected chi connectivity index (χ1v) is 10.3. The highest BCUT2D eigenvalue weighted by Gasteiger charge is 2.49. The summed E-state index contributed by atoms with van der Waals surface area (Å²) >= 11 is 1.29. The Morgan fingerprint density at radius 1 is 1.10 bits per heavy atom. The first kappa shape index (κ1) is 19.8.